The molecule has 0 amide bonds. The highest BCUT2D eigenvalue weighted by molar-refractivity contribution is 6.20. The van der Waals surface area contributed by atoms with Gasteiger partial charge in [-0.1, -0.05) is 13.3 Å². The monoisotopic (exact) mass is 306 g/mol. The van der Waals surface area contributed by atoms with Gasteiger partial charge in [0.05, 0.1) is 23.9 Å². The van der Waals surface area contributed by atoms with Gasteiger partial charge in [-0.2, -0.15) is 5.10 Å². The molecular weight excluding hydrogens is 288 g/mol. The molecule has 21 heavy (non-hydrogen) atoms. The molecule has 112 valence electrons. The second-order valence-corrected chi connectivity index (χ2v) is 5.90. The molecule has 5 nitrogen and oxygen atoms in total. The second-order valence-electron chi connectivity index (χ2n) is 5.24. The summed E-state index contributed by atoms with van der Waals surface area (Å²) in [7, 11) is 1.95. The standard InChI is InChI=1S/C15H19ClN4O/c1-4-6-12-13-15(19(3)18-12)20(14(17-13)10(2)16)9-11-7-5-8-21-11/h5,7-8,10H,4,6,9H2,1-3H3. The molecule has 0 bridgehead atoms. The molecule has 3 aromatic heterocycles. The Morgan fingerprint density at radius 3 is 2.86 bits per heavy atom. The fourth-order valence-electron chi connectivity index (χ4n) is 2.68. The number of alkyl halides is 1. The number of halogens is 1. The van der Waals surface area contributed by atoms with Crippen molar-refractivity contribution in [2.24, 2.45) is 7.05 Å². The van der Waals surface area contributed by atoms with E-state index in [-0.39, 0.29) is 5.38 Å². The van der Waals surface area contributed by atoms with Crippen molar-refractivity contribution in [3.05, 3.63) is 35.7 Å². The van der Waals surface area contributed by atoms with E-state index in [1.54, 1.807) is 6.26 Å². The summed E-state index contributed by atoms with van der Waals surface area (Å²) in [6, 6.07) is 3.84. The average Bonchev–Trinajstić information content (AvgIpc) is 3.11. The van der Waals surface area contributed by atoms with Crippen LogP contribution in [0.15, 0.2) is 22.8 Å². The van der Waals surface area contributed by atoms with Crippen molar-refractivity contribution in [2.45, 2.75) is 38.6 Å². The summed E-state index contributed by atoms with van der Waals surface area (Å²) < 4.78 is 9.45. The number of furan rings is 1. The number of fused-ring (bicyclic) bond motifs is 1. The Labute approximate surface area is 128 Å². The molecule has 0 aliphatic carbocycles. The lowest BCUT2D eigenvalue weighted by molar-refractivity contribution is 0.489. The van der Waals surface area contributed by atoms with E-state index in [9.17, 15) is 0 Å². The van der Waals surface area contributed by atoms with Gasteiger partial charge in [-0.3, -0.25) is 4.68 Å². The van der Waals surface area contributed by atoms with E-state index in [4.69, 9.17) is 21.0 Å². The Balaban J connectivity index is 2.17. The smallest absolute Gasteiger partial charge is 0.159 e. The lowest BCUT2D eigenvalue weighted by Gasteiger charge is -2.09. The number of aryl methyl sites for hydroxylation is 2. The summed E-state index contributed by atoms with van der Waals surface area (Å²) in [6.07, 6.45) is 3.65. The van der Waals surface area contributed by atoms with Crippen LogP contribution in [0.4, 0.5) is 0 Å². The van der Waals surface area contributed by atoms with Gasteiger partial charge in [-0.25, -0.2) is 4.98 Å². The topological polar surface area (TPSA) is 48.8 Å². The number of nitrogens with zero attached hydrogens (tertiary/aromatic N) is 4. The van der Waals surface area contributed by atoms with E-state index < -0.39 is 0 Å². The first-order chi connectivity index (χ1) is 10.1. The lowest BCUT2D eigenvalue weighted by atomic mass is 10.2. The van der Waals surface area contributed by atoms with Gasteiger partial charge < -0.3 is 8.98 Å². The van der Waals surface area contributed by atoms with Crippen LogP contribution in [-0.4, -0.2) is 19.3 Å². The molecule has 6 heteroatoms. The van der Waals surface area contributed by atoms with Gasteiger partial charge in [0, 0.05) is 7.05 Å². The molecule has 0 N–H and O–H groups in total. The minimum atomic E-state index is -0.165. The average molecular weight is 307 g/mol. The van der Waals surface area contributed by atoms with Crippen molar-refractivity contribution in [3.8, 4) is 0 Å². The third-order valence-electron chi connectivity index (χ3n) is 3.56. The zero-order valence-corrected chi connectivity index (χ0v) is 13.3. The molecule has 0 aliphatic rings. The summed E-state index contributed by atoms with van der Waals surface area (Å²) >= 11 is 6.31. The molecule has 3 heterocycles. The van der Waals surface area contributed by atoms with Gasteiger partial charge in [0.15, 0.2) is 5.65 Å². The van der Waals surface area contributed by atoms with E-state index in [0.717, 1.165) is 41.3 Å². The molecule has 0 radical (unpaired) electrons. The summed E-state index contributed by atoms with van der Waals surface area (Å²) in [6.45, 7) is 4.70. The summed E-state index contributed by atoms with van der Waals surface area (Å²) in [5, 5.41) is 4.42. The van der Waals surface area contributed by atoms with E-state index in [0.29, 0.717) is 6.54 Å². The number of hydrogen-bond acceptors (Lipinski definition) is 3. The van der Waals surface area contributed by atoms with Crippen LogP contribution in [0.2, 0.25) is 0 Å². The second kappa shape index (κ2) is 5.56. The van der Waals surface area contributed by atoms with Crippen LogP contribution in [0.1, 0.15) is 42.9 Å². The molecule has 3 rings (SSSR count). The SMILES string of the molecule is CCCc1nn(C)c2c1nc(C(C)Cl)n2Cc1ccco1. The van der Waals surface area contributed by atoms with Crippen molar-refractivity contribution in [3.63, 3.8) is 0 Å². The van der Waals surface area contributed by atoms with Gasteiger partial charge in [0.1, 0.15) is 17.1 Å². The van der Waals surface area contributed by atoms with Gasteiger partial charge >= 0.3 is 0 Å². The Bertz CT molecular complexity index is 739. The fourth-order valence-corrected chi connectivity index (χ4v) is 2.85. The van der Waals surface area contributed by atoms with Crippen molar-refractivity contribution in [2.75, 3.05) is 0 Å². The Morgan fingerprint density at radius 1 is 1.43 bits per heavy atom. The van der Waals surface area contributed by atoms with Crippen LogP contribution in [0.3, 0.4) is 0 Å². The zero-order chi connectivity index (χ0) is 15.0. The molecule has 0 fully saturated rings. The van der Waals surface area contributed by atoms with Crippen LogP contribution < -0.4 is 0 Å². The zero-order valence-electron chi connectivity index (χ0n) is 12.5. The Kier molecular flexibility index (Phi) is 3.76. The Morgan fingerprint density at radius 2 is 2.24 bits per heavy atom. The van der Waals surface area contributed by atoms with E-state index in [2.05, 4.69) is 16.6 Å². The van der Waals surface area contributed by atoms with E-state index >= 15 is 0 Å². The van der Waals surface area contributed by atoms with E-state index in [1.165, 1.54) is 0 Å². The summed E-state index contributed by atoms with van der Waals surface area (Å²) in [5.74, 6) is 1.74. The molecule has 1 unspecified atom stereocenters. The highest BCUT2D eigenvalue weighted by Gasteiger charge is 2.21. The maximum Gasteiger partial charge on any atom is 0.159 e. The summed E-state index contributed by atoms with van der Waals surface area (Å²) in [4.78, 5) is 4.74. The number of imidazole rings is 1. The Hall–Kier alpha value is -1.75. The third-order valence-corrected chi connectivity index (χ3v) is 3.75. The van der Waals surface area contributed by atoms with Crippen molar-refractivity contribution in [1.82, 2.24) is 19.3 Å². The molecule has 3 aromatic rings. The maximum atomic E-state index is 6.31. The first-order valence-corrected chi connectivity index (χ1v) is 7.64. The van der Waals surface area contributed by atoms with Crippen LogP contribution in [0.25, 0.3) is 11.2 Å². The van der Waals surface area contributed by atoms with Gasteiger partial charge in [-0.15, -0.1) is 11.6 Å². The molecule has 0 saturated heterocycles. The van der Waals surface area contributed by atoms with Gasteiger partial charge in [0.25, 0.3) is 0 Å². The molecule has 0 spiro atoms. The van der Waals surface area contributed by atoms with Crippen molar-refractivity contribution >= 4 is 22.8 Å². The number of rotatable bonds is 5. The molecule has 0 saturated carbocycles. The van der Waals surface area contributed by atoms with Gasteiger partial charge in [-0.05, 0) is 25.5 Å². The largest absolute Gasteiger partial charge is 0.467 e. The predicted octanol–water partition coefficient (Wildman–Crippen LogP) is 3.66. The van der Waals surface area contributed by atoms with Gasteiger partial charge in [0.2, 0.25) is 0 Å². The molecule has 1 atom stereocenters. The van der Waals surface area contributed by atoms with Crippen LogP contribution in [0.5, 0.6) is 0 Å². The molecule has 0 aliphatic heterocycles. The first kappa shape index (κ1) is 14.2. The minimum absolute atomic E-state index is 0.165. The fraction of sp³-hybridized carbons (Fsp3) is 0.467. The highest BCUT2D eigenvalue weighted by atomic mass is 35.5. The van der Waals surface area contributed by atoms with Crippen LogP contribution >= 0.6 is 11.6 Å². The molecular formula is C15H19ClN4O. The van der Waals surface area contributed by atoms with Crippen molar-refractivity contribution in [1.29, 1.82) is 0 Å². The number of hydrogen-bond donors (Lipinski definition) is 0. The lowest BCUT2D eigenvalue weighted by Crippen LogP contribution is -2.08. The highest BCUT2D eigenvalue weighted by Crippen LogP contribution is 2.27. The van der Waals surface area contributed by atoms with E-state index in [1.807, 2.05) is 30.8 Å². The first-order valence-electron chi connectivity index (χ1n) is 7.20. The van der Waals surface area contributed by atoms with Crippen LogP contribution in [0, 0.1) is 0 Å². The maximum absolute atomic E-state index is 6.31. The third kappa shape index (κ3) is 2.46. The summed E-state index contributed by atoms with van der Waals surface area (Å²) in [5.41, 5.74) is 2.98. The van der Waals surface area contributed by atoms with Crippen LogP contribution in [-0.2, 0) is 20.0 Å². The minimum Gasteiger partial charge on any atom is -0.467 e. The molecule has 0 aromatic carbocycles. The quantitative estimate of drug-likeness (QED) is 0.676. The number of aromatic nitrogens is 4. The normalized spacial score (nSPS) is 13.1. The predicted molar refractivity (Wildman–Crippen MR) is 82.6 cm³/mol. The van der Waals surface area contributed by atoms with Crippen molar-refractivity contribution < 1.29 is 4.42 Å².